The Morgan fingerprint density at radius 2 is 1.71 bits per heavy atom. The minimum Gasteiger partial charge on any atom is -0.465 e. The first-order valence-electron chi connectivity index (χ1n) is 11.0. The fourth-order valence-electron chi connectivity index (χ4n) is 4.15. The molecule has 0 radical (unpaired) electrons. The predicted molar refractivity (Wildman–Crippen MR) is 130 cm³/mol. The number of aromatic nitrogens is 1. The van der Waals surface area contributed by atoms with Gasteiger partial charge in [0.2, 0.25) is 0 Å². The van der Waals surface area contributed by atoms with E-state index in [1.807, 2.05) is 68.7 Å². The van der Waals surface area contributed by atoms with Crippen LogP contribution in [0.1, 0.15) is 44.0 Å². The van der Waals surface area contributed by atoms with Crippen molar-refractivity contribution in [1.82, 2.24) is 14.8 Å². The molecule has 2 heterocycles. The summed E-state index contributed by atoms with van der Waals surface area (Å²) in [6, 6.07) is 14.7. The Bertz CT molecular complexity index is 1330. The zero-order valence-corrected chi connectivity index (χ0v) is 19.9. The molecule has 1 saturated heterocycles. The van der Waals surface area contributed by atoms with E-state index in [9.17, 15) is 14.4 Å². The molecule has 7 heteroatoms. The maximum Gasteiger partial charge on any atom is 0.337 e. The van der Waals surface area contributed by atoms with Crippen LogP contribution in [0, 0.1) is 27.7 Å². The number of urea groups is 1. The van der Waals surface area contributed by atoms with Crippen molar-refractivity contribution in [2.24, 2.45) is 0 Å². The molecule has 0 aliphatic carbocycles. The normalized spacial score (nSPS) is 14.6. The third-order valence-corrected chi connectivity index (χ3v) is 6.06. The van der Waals surface area contributed by atoms with Gasteiger partial charge in [-0.15, -0.1) is 0 Å². The minimum absolute atomic E-state index is 0.209. The van der Waals surface area contributed by atoms with Gasteiger partial charge in [-0.2, -0.15) is 0 Å². The third kappa shape index (κ3) is 4.24. The molecule has 0 saturated carbocycles. The Labute approximate surface area is 198 Å². The molecule has 0 bridgehead atoms. The number of nitrogens with zero attached hydrogens (tertiary/aromatic N) is 2. The first kappa shape index (κ1) is 23.0. The number of hydrogen-bond acceptors (Lipinski definition) is 4. The van der Waals surface area contributed by atoms with Crippen molar-refractivity contribution in [3.05, 3.63) is 93.4 Å². The lowest BCUT2D eigenvalue weighted by Crippen LogP contribution is -2.30. The Kier molecular flexibility index (Phi) is 6.11. The lowest BCUT2D eigenvalue weighted by atomic mass is 10.1. The number of aryl methyl sites for hydroxylation is 3. The summed E-state index contributed by atoms with van der Waals surface area (Å²) < 4.78 is 6.89. The number of carbonyl (C=O) groups is 3. The highest BCUT2D eigenvalue weighted by atomic mass is 16.5. The molecule has 34 heavy (non-hydrogen) atoms. The van der Waals surface area contributed by atoms with Gasteiger partial charge in [0.15, 0.2) is 0 Å². The van der Waals surface area contributed by atoms with Gasteiger partial charge in [0, 0.05) is 17.1 Å². The zero-order valence-electron chi connectivity index (χ0n) is 19.9. The number of nitrogens with one attached hydrogen (secondary N) is 1. The van der Waals surface area contributed by atoms with Gasteiger partial charge in [-0.1, -0.05) is 35.9 Å². The second-order valence-corrected chi connectivity index (χ2v) is 8.52. The number of carbonyl (C=O) groups excluding carboxylic acids is 3. The lowest BCUT2D eigenvalue weighted by molar-refractivity contribution is -0.123. The van der Waals surface area contributed by atoms with Crippen LogP contribution in [0.2, 0.25) is 0 Å². The van der Waals surface area contributed by atoms with Gasteiger partial charge >= 0.3 is 12.0 Å². The molecule has 3 aromatic rings. The van der Waals surface area contributed by atoms with Crippen LogP contribution in [0.5, 0.6) is 0 Å². The smallest absolute Gasteiger partial charge is 0.337 e. The molecule has 1 aromatic heterocycles. The predicted octanol–water partition coefficient (Wildman–Crippen LogP) is 4.59. The van der Waals surface area contributed by atoms with Gasteiger partial charge in [0.1, 0.15) is 5.70 Å². The van der Waals surface area contributed by atoms with Gasteiger partial charge in [0.05, 0.1) is 19.2 Å². The topological polar surface area (TPSA) is 80.6 Å². The maximum atomic E-state index is 13.0. The molecular formula is C27H27N3O4. The van der Waals surface area contributed by atoms with E-state index < -0.39 is 12.0 Å². The van der Waals surface area contributed by atoms with Crippen LogP contribution in [0.25, 0.3) is 11.8 Å². The largest absolute Gasteiger partial charge is 0.465 e. The maximum absolute atomic E-state index is 13.0. The number of rotatable bonds is 5. The Hall–Kier alpha value is -4.13. The number of ether oxygens (including phenoxy) is 1. The van der Waals surface area contributed by atoms with Gasteiger partial charge in [-0.05, 0) is 68.7 Å². The van der Waals surface area contributed by atoms with Crippen molar-refractivity contribution in [2.45, 2.75) is 34.2 Å². The number of benzene rings is 2. The molecule has 3 amide bonds. The Morgan fingerprint density at radius 1 is 1.00 bits per heavy atom. The second-order valence-electron chi connectivity index (χ2n) is 8.52. The van der Waals surface area contributed by atoms with E-state index in [4.69, 9.17) is 4.74 Å². The highest BCUT2D eigenvalue weighted by Gasteiger charge is 2.33. The van der Waals surface area contributed by atoms with E-state index in [1.54, 1.807) is 18.2 Å². The average molecular weight is 458 g/mol. The van der Waals surface area contributed by atoms with Crippen molar-refractivity contribution >= 4 is 24.0 Å². The van der Waals surface area contributed by atoms with Crippen LogP contribution in [-0.2, 0) is 16.1 Å². The SMILES string of the molecule is COC(=O)c1ccc(C)c(-n2c(C)cc(/C=C3/NC(=O)N(Cc4ccc(C)cc4)C3=O)c2C)c1. The quantitative estimate of drug-likeness (QED) is 0.345. The van der Waals surface area contributed by atoms with E-state index in [2.05, 4.69) is 5.32 Å². The number of amides is 3. The zero-order chi connectivity index (χ0) is 24.6. The standard InChI is InChI=1S/C27H27N3O4/c1-16-6-9-20(10-7-16)15-29-25(31)23(28-27(29)33)13-22-12-18(3)30(19(22)4)24-14-21(26(32)34-5)11-8-17(24)2/h6-14H,15H2,1-5H3,(H,28,33)/b23-13+. The molecule has 1 N–H and O–H groups in total. The van der Waals surface area contributed by atoms with Gasteiger partial charge in [0.25, 0.3) is 5.91 Å². The van der Waals surface area contributed by atoms with E-state index >= 15 is 0 Å². The van der Waals surface area contributed by atoms with Gasteiger partial charge in [-0.25, -0.2) is 9.59 Å². The molecule has 0 spiro atoms. The highest BCUT2D eigenvalue weighted by molar-refractivity contribution is 6.14. The molecule has 1 aliphatic rings. The second kappa shape index (κ2) is 9.02. The number of hydrogen-bond donors (Lipinski definition) is 1. The molecule has 4 rings (SSSR count). The van der Waals surface area contributed by atoms with Crippen molar-refractivity contribution in [3.63, 3.8) is 0 Å². The molecule has 7 nitrogen and oxygen atoms in total. The van der Waals surface area contributed by atoms with Crippen LogP contribution < -0.4 is 5.32 Å². The fraction of sp³-hybridized carbons (Fsp3) is 0.222. The lowest BCUT2D eigenvalue weighted by Gasteiger charge is -2.14. The number of esters is 1. The van der Waals surface area contributed by atoms with E-state index in [1.165, 1.54) is 12.0 Å². The van der Waals surface area contributed by atoms with Crippen molar-refractivity contribution in [2.75, 3.05) is 7.11 Å². The summed E-state index contributed by atoms with van der Waals surface area (Å²) in [5.41, 5.74) is 7.16. The van der Waals surface area contributed by atoms with Gasteiger partial charge in [-0.3, -0.25) is 9.69 Å². The first-order chi connectivity index (χ1) is 16.2. The Balaban J connectivity index is 1.66. The minimum atomic E-state index is -0.438. The van der Waals surface area contributed by atoms with E-state index in [0.29, 0.717) is 5.56 Å². The summed E-state index contributed by atoms with van der Waals surface area (Å²) in [5.74, 6) is -0.766. The first-order valence-corrected chi connectivity index (χ1v) is 11.0. The van der Waals surface area contributed by atoms with E-state index in [-0.39, 0.29) is 18.1 Å². The monoisotopic (exact) mass is 457 g/mol. The number of methoxy groups -OCH3 is 1. The highest BCUT2D eigenvalue weighted by Crippen LogP contribution is 2.27. The summed E-state index contributed by atoms with van der Waals surface area (Å²) in [7, 11) is 1.35. The molecule has 0 atom stereocenters. The summed E-state index contributed by atoms with van der Waals surface area (Å²) >= 11 is 0. The molecule has 0 unspecified atom stereocenters. The summed E-state index contributed by atoms with van der Waals surface area (Å²) in [5, 5.41) is 2.70. The summed E-state index contributed by atoms with van der Waals surface area (Å²) in [4.78, 5) is 38.7. The molecular weight excluding hydrogens is 430 g/mol. The fourth-order valence-corrected chi connectivity index (χ4v) is 4.15. The molecule has 1 aliphatic heterocycles. The molecule has 2 aromatic carbocycles. The van der Waals surface area contributed by atoms with Crippen LogP contribution in [-0.4, -0.2) is 34.5 Å². The van der Waals surface area contributed by atoms with E-state index in [0.717, 1.165) is 39.3 Å². The summed E-state index contributed by atoms with van der Waals surface area (Å²) in [6.07, 6.45) is 1.70. The molecule has 174 valence electrons. The van der Waals surface area contributed by atoms with Crippen molar-refractivity contribution in [3.8, 4) is 5.69 Å². The van der Waals surface area contributed by atoms with Crippen LogP contribution in [0.15, 0.2) is 54.2 Å². The van der Waals surface area contributed by atoms with Crippen LogP contribution >= 0.6 is 0 Å². The van der Waals surface area contributed by atoms with Crippen molar-refractivity contribution < 1.29 is 19.1 Å². The van der Waals surface area contributed by atoms with Crippen LogP contribution in [0.3, 0.4) is 0 Å². The average Bonchev–Trinajstić information content (AvgIpc) is 3.24. The number of imide groups is 1. The molecule has 1 fully saturated rings. The summed E-state index contributed by atoms with van der Waals surface area (Å²) in [6.45, 7) is 8.06. The van der Waals surface area contributed by atoms with Gasteiger partial charge < -0.3 is 14.6 Å². The Morgan fingerprint density at radius 3 is 2.38 bits per heavy atom. The third-order valence-electron chi connectivity index (χ3n) is 6.06. The van der Waals surface area contributed by atoms with Crippen molar-refractivity contribution in [1.29, 1.82) is 0 Å². The van der Waals surface area contributed by atoms with Crippen LogP contribution in [0.4, 0.5) is 4.79 Å².